The number of benzene rings is 2. The molecule has 0 amide bonds. The zero-order chi connectivity index (χ0) is 20.6. The fourth-order valence-corrected chi connectivity index (χ4v) is 4.56. The van der Waals surface area contributed by atoms with Crippen molar-refractivity contribution in [2.75, 3.05) is 0 Å². The molecular formula is C20H12F3NO3S2. The van der Waals surface area contributed by atoms with E-state index >= 15 is 0 Å². The molecule has 0 fully saturated rings. The topological polar surface area (TPSA) is 63.3 Å². The van der Waals surface area contributed by atoms with Gasteiger partial charge in [-0.15, -0.1) is 23.1 Å². The van der Waals surface area contributed by atoms with Gasteiger partial charge in [-0.3, -0.25) is 0 Å². The minimum Gasteiger partial charge on any atom is -0.475 e. The molecule has 4 nitrogen and oxygen atoms in total. The van der Waals surface area contributed by atoms with Crippen LogP contribution in [-0.4, -0.2) is 16.1 Å². The Hall–Kier alpha value is -2.78. The summed E-state index contributed by atoms with van der Waals surface area (Å²) < 4.78 is 43.3. The second kappa shape index (κ2) is 7.57. The SMILES string of the molecule is O=C(O)c1cc2cc(SCc3cnc(-c4ccc(C(F)(F)F)cc4)s3)ccc2o1. The van der Waals surface area contributed by atoms with Crippen LogP contribution in [0.2, 0.25) is 0 Å². The van der Waals surface area contributed by atoms with Gasteiger partial charge >= 0.3 is 12.1 Å². The molecule has 0 saturated carbocycles. The van der Waals surface area contributed by atoms with E-state index in [9.17, 15) is 18.0 Å². The average molecular weight is 435 g/mol. The zero-order valence-corrected chi connectivity index (χ0v) is 16.2. The number of fused-ring (bicyclic) bond motifs is 1. The first kappa shape index (κ1) is 19.5. The number of aromatic carboxylic acids is 1. The summed E-state index contributed by atoms with van der Waals surface area (Å²) in [6, 6.07) is 11.9. The van der Waals surface area contributed by atoms with Crippen molar-refractivity contribution >= 4 is 40.0 Å². The summed E-state index contributed by atoms with van der Waals surface area (Å²) in [7, 11) is 0. The van der Waals surface area contributed by atoms with E-state index in [0.717, 1.165) is 21.9 Å². The van der Waals surface area contributed by atoms with E-state index in [1.165, 1.54) is 29.5 Å². The molecule has 29 heavy (non-hydrogen) atoms. The van der Waals surface area contributed by atoms with Gasteiger partial charge in [-0.05, 0) is 36.4 Å². The van der Waals surface area contributed by atoms with Crippen molar-refractivity contribution in [2.45, 2.75) is 16.8 Å². The number of alkyl halides is 3. The van der Waals surface area contributed by atoms with E-state index in [4.69, 9.17) is 9.52 Å². The van der Waals surface area contributed by atoms with E-state index in [1.54, 1.807) is 24.0 Å². The first-order chi connectivity index (χ1) is 13.8. The summed E-state index contributed by atoms with van der Waals surface area (Å²) in [5.41, 5.74) is 0.462. The number of nitrogens with zero attached hydrogens (tertiary/aromatic N) is 1. The molecule has 148 valence electrons. The highest BCUT2D eigenvalue weighted by molar-refractivity contribution is 7.98. The largest absolute Gasteiger partial charge is 0.475 e. The molecule has 2 heterocycles. The maximum atomic E-state index is 12.7. The third-order valence-electron chi connectivity index (χ3n) is 4.09. The summed E-state index contributed by atoms with van der Waals surface area (Å²) in [5, 5.41) is 10.4. The second-order valence-corrected chi connectivity index (χ2v) is 8.27. The molecule has 0 atom stereocenters. The Labute approximate surface area is 171 Å². The number of hydrogen-bond donors (Lipinski definition) is 1. The Bertz CT molecular complexity index is 1180. The molecule has 4 rings (SSSR count). The van der Waals surface area contributed by atoms with Crippen LogP contribution in [-0.2, 0) is 11.9 Å². The number of thiazole rings is 1. The van der Waals surface area contributed by atoms with Crippen molar-refractivity contribution in [1.82, 2.24) is 4.98 Å². The van der Waals surface area contributed by atoms with Gasteiger partial charge in [0.2, 0.25) is 5.76 Å². The first-order valence-corrected chi connectivity index (χ1v) is 10.1. The predicted molar refractivity (Wildman–Crippen MR) is 105 cm³/mol. The Balaban J connectivity index is 1.45. The number of rotatable bonds is 5. The third kappa shape index (κ3) is 4.30. The van der Waals surface area contributed by atoms with Crippen LogP contribution in [0.15, 0.2) is 64.0 Å². The van der Waals surface area contributed by atoms with E-state index in [1.807, 2.05) is 12.1 Å². The number of thioether (sulfide) groups is 1. The molecule has 0 unspecified atom stereocenters. The van der Waals surface area contributed by atoms with Crippen molar-refractivity contribution in [1.29, 1.82) is 0 Å². The molecule has 1 N–H and O–H groups in total. The first-order valence-electron chi connectivity index (χ1n) is 8.31. The van der Waals surface area contributed by atoms with Crippen molar-refractivity contribution in [2.24, 2.45) is 0 Å². The van der Waals surface area contributed by atoms with Crippen molar-refractivity contribution in [3.05, 3.63) is 70.9 Å². The van der Waals surface area contributed by atoms with Crippen LogP contribution in [0.3, 0.4) is 0 Å². The Morgan fingerprint density at radius 2 is 1.90 bits per heavy atom. The monoisotopic (exact) mass is 435 g/mol. The lowest BCUT2D eigenvalue weighted by Crippen LogP contribution is -2.03. The highest BCUT2D eigenvalue weighted by atomic mass is 32.2. The lowest BCUT2D eigenvalue weighted by molar-refractivity contribution is -0.137. The molecular weight excluding hydrogens is 423 g/mol. The van der Waals surface area contributed by atoms with Gasteiger partial charge in [0, 0.05) is 32.7 Å². The normalized spacial score (nSPS) is 11.8. The Morgan fingerprint density at radius 3 is 2.59 bits per heavy atom. The summed E-state index contributed by atoms with van der Waals surface area (Å²) in [5.74, 6) is -0.588. The summed E-state index contributed by atoms with van der Waals surface area (Å²) in [4.78, 5) is 17.2. The summed E-state index contributed by atoms with van der Waals surface area (Å²) >= 11 is 2.97. The number of hydrogen-bond acceptors (Lipinski definition) is 5. The predicted octanol–water partition coefficient (Wildman–Crippen LogP) is 6.57. The zero-order valence-electron chi connectivity index (χ0n) is 14.6. The molecule has 0 radical (unpaired) electrons. The van der Waals surface area contributed by atoms with Crippen molar-refractivity contribution in [3.8, 4) is 10.6 Å². The lowest BCUT2D eigenvalue weighted by Gasteiger charge is -2.06. The van der Waals surface area contributed by atoms with Crippen LogP contribution in [0, 0.1) is 0 Å². The fraction of sp³-hybridized carbons (Fsp3) is 0.100. The van der Waals surface area contributed by atoms with E-state index < -0.39 is 17.7 Å². The average Bonchev–Trinajstić information content (AvgIpc) is 3.32. The number of carboxylic acids is 1. The van der Waals surface area contributed by atoms with Gasteiger partial charge < -0.3 is 9.52 Å². The van der Waals surface area contributed by atoms with E-state index in [-0.39, 0.29) is 5.76 Å². The Kier molecular flexibility index (Phi) is 5.10. The molecule has 9 heteroatoms. The molecule has 4 aromatic rings. The van der Waals surface area contributed by atoms with Gasteiger partial charge in [0.15, 0.2) is 0 Å². The molecule has 0 saturated heterocycles. The van der Waals surface area contributed by atoms with Gasteiger partial charge in [-0.25, -0.2) is 9.78 Å². The summed E-state index contributed by atoms with van der Waals surface area (Å²) in [6.45, 7) is 0. The van der Waals surface area contributed by atoms with Crippen LogP contribution in [0.5, 0.6) is 0 Å². The highest BCUT2D eigenvalue weighted by Gasteiger charge is 2.30. The number of carboxylic acid groups (broad SMARTS) is 1. The quantitative estimate of drug-likeness (QED) is 0.360. The maximum Gasteiger partial charge on any atom is 0.416 e. The van der Waals surface area contributed by atoms with Gasteiger partial charge in [-0.2, -0.15) is 13.2 Å². The molecule has 0 aliphatic heterocycles. The van der Waals surface area contributed by atoms with Crippen LogP contribution in [0.4, 0.5) is 13.2 Å². The van der Waals surface area contributed by atoms with Crippen LogP contribution < -0.4 is 0 Å². The van der Waals surface area contributed by atoms with Gasteiger partial charge in [0.25, 0.3) is 0 Å². The van der Waals surface area contributed by atoms with E-state index in [0.29, 0.717) is 27.3 Å². The van der Waals surface area contributed by atoms with Crippen LogP contribution in [0.1, 0.15) is 21.0 Å². The van der Waals surface area contributed by atoms with Crippen LogP contribution >= 0.6 is 23.1 Å². The molecule has 0 aliphatic rings. The molecule has 2 aromatic carbocycles. The minimum absolute atomic E-state index is 0.106. The van der Waals surface area contributed by atoms with Gasteiger partial charge in [-0.1, -0.05) is 12.1 Å². The van der Waals surface area contributed by atoms with Gasteiger partial charge in [0.1, 0.15) is 10.6 Å². The Morgan fingerprint density at radius 1 is 1.14 bits per heavy atom. The third-order valence-corrected chi connectivity index (χ3v) is 6.36. The van der Waals surface area contributed by atoms with Gasteiger partial charge in [0.05, 0.1) is 5.56 Å². The fourth-order valence-electron chi connectivity index (χ4n) is 2.68. The highest BCUT2D eigenvalue weighted by Crippen LogP contribution is 2.34. The van der Waals surface area contributed by atoms with Crippen molar-refractivity contribution in [3.63, 3.8) is 0 Å². The lowest BCUT2D eigenvalue weighted by atomic mass is 10.1. The van der Waals surface area contributed by atoms with E-state index in [2.05, 4.69) is 4.98 Å². The molecule has 0 bridgehead atoms. The van der Waals surface area contributed by atoms with Crippen molar-refractivity contribution < 1.29 is 27.5 Å². The maximum absolute atomic E-state index is 12.7. The number of carbonyl (C=O) groups is 1. The summed E-state index contributed by atoms with van der Waals surface area (Å²) in [6.07, 6.45) is -2.64. The molecule has 0 aliphatic carbocycles. The minimum atomic E-state index is -4.36. The smallest absolute Gasteiger partial charge is 0.416 e. The van der Waals surface area contributed by atoms with Crippen LogP contribution in [0.25, 0.3) is 21.5 Å². The second-order valence-electron chi connectivity index (χ2n) is 6.11. The number of furan rings is 1. The molecule has 2 aromatic heterocycles. The number of aromatic nitrogens is 1. The number of halogens is 3. The molecule has 0 spiro atoms. The standard InChI is InChI=1S/C20H12F3NO3S2/c21-20(22,23)13-3-1-11(2-4-13)18-24-9-15(29-18)10-28-14-5-6-16-12(7-14)8-17(27-16)19(25)26/h1-9H,10H2,(H,25,26).